The van der Waals surface area contributed by atoms with Crippen LogP contribution in [-0.4, -0.2) is 54.3 Å². The average molecular weight is 448 g/mol. The van der Waals surface area contributed by atoms with Crippen LogP contribution >= 0.6 is 11.3 Å². The third-order valence-electron chi connectivity index (χ3n) is 6.24. The first kappa shape index (κ1) is 21.9. The van der Waals surface area contributed by atoms with E-state index in [0.29, 0.717) is 32.5 Å². The van der Waals surface area contributed by atoms with Gasteiger partial charge in [0.25, 0.3) is 5.91 Å². The highest BCUT2D eigenvalue weighted by Gasteiger charge is 2.30. The first-order chi connectivity index (χ1) is 15.0. The standard InChI is InChI=1S/C23H27F2N3O2S/c24-17-5-6-18(19(25)14-17)23(30)28-11-7-16(8-12-28)22(29)26-15-20(21-4-3-13-31-21)27-9-1-2-10-27/h3-6,13-14,16,20H,1-2,7-12,15H2,(H,26,29)/t20-/m0/s1. The van der Waals surface area contributed by atoms with Crippen molar-refractivity contribution in [2.45, 2.75) is 31.7 Å². The Morgan fingerprint density at radius 1 is 1.10 bits per heavy atom. The molecule has 2 aliphatic heterocycles. The van der Waals surface area contributed by atoms with Crippen LogP contribution in [0.3, 0.4) is 0 Å². The molecule has 3 heterocycles. The average Bonchev–Trinajstić information content (AvgIpc) is 3.48. The van der Waals surface area contributed by atoms with Gasteiger partial charge in [-0.3, -0.25) is 14.5 Å². The maximum absolute atomic E-state index is 13.9. The van der Waals surface area contributed by atoms with Crippen LogP contribution in [0, 0.1) is 17.6 Å². The van der Waals surface area contributed by atoms with Crippen molar-refractivity contribution in [3.8, 4) is 0 Å². The molecule has 5 nitrogen and oxygen atoms in total. The van der Waals surface area contributed by atoms with Crippen LogP contribution < -0.4 is 5.32 Å². The normalized spacial score (nSPS) is 18.8. The maximum atomic E-state index is 13.9. The smallest absolute Gasteiger partial charge is 0.256 e. The summed E-state index contributed by atoms with van der Waals surface area (Å²) in [6.45, 7) is 3.46. The van der Waals surface area contributed by atoms with Gasteiger partial charge in [-0.25, -0.2) is 8.78 Å². The van der Waals surface area contributed by atoms with E-state index in [1.807, 2.05) is 6.07 Å². The van der Waals surface area contributed by atoms with Gasteiger partial charge in [0.2, 0.25) is 5.91 Å². The Hall–Kier alpha value is -2.32. The second-order valence-corrected chi connectivity index (χ2v) is 9.19. The van der Waals surface area contributed by atoms with Gasteiger partial charge in [0.1, 0.15) is 11.6 Å². The molecule has 1 atom stereocenters. The molecule has 0 spiro atoms. The van der Waals surface area contributed by atoms with Crippen LogP contribution in [0.5, 0.6) is 0 Å². The lowest BCUT2D eigenvalue weighted by atomic mass is 9.95. The van der Waals surface area contributed by atoms with E-state index in [2.05, 4.69) is 21.7 Å². The Morgan fingerprint density at radius 2 is 1.84 bits per heavy atom. The van der Waals surface area contributed by atoms with Gasteiger partial charge in [-0.15, -0.1) is 11.3 Å². The van der Waals surface area contributed by atoms with E-state index in [4.69, 9.17) is 0 Å². The van der Waals surface area contributed by atoms with Crippen molar-refractivity contribution in [3.05, 3.63) is 57.8 Å². The number of piperidine rings is 1. The van der Waals surface area contributed by atoms with Gasteiger partial charge in [-0.2, -0.15) is 0 Å². The summed E-state index contributed by atoms with van der Waals surface area (Å²) in [6, 6.07) is 7.35. The molecule has 8 heteroatoms. The van der Waals surface area contributed by atoms with Crippen molar-refractivity contribution in [2.24, 2.45) is 5.92 Å². The third-order valence-corrected chi connectivity index (χ3v) is 7.21. The maximum Gasteiger partial charge on any atom is 0.256 e. The summed E-state index contributed by atoms with van der Waals surface area (Å²) >= 11 is 1.72. The number of benzene rings is 1. The van der Waals surface area contributed by atoms with Gasteiger partial charge in [0.15, 0.2) is 0 Å². The Labute approximate surface area is 185 Å². The number of nitrogens with zero attached hydrogens (tertiary/aromatic N) is 2. The summed E-state index contributed by atoms with van der Waals surface area (Å²) in [7, 11) is 0. The molecule has 0 unspecified atom stereocenters. The number of nitrogens with one attached hydrogen (secondary N) is 1. The molecule has 2 aliphatic rings. The minimum absolute atomic E-state index is 0.0146. The minimum Gasteiger partial charge on any atom is -0.354 e. The number of hydrogen-bond donors (Lipinski definition) is 1. The molecule has 2 amide bonds. The van der Waals surface area contributed by atoms with E-state index in [9.17, 15) is 18.4 Å². The van der Waals surface area contributed by atoms with Crippen molar-refractivity contribution in [1.82, 2.24) is 15.1 Å². The number of likely N-dealkylation sites (tertiary alicyclic amines) is 2. The molecule has 1 aromatic carbocycles. The molecule has 2 fully saturated rings. The fraction of sp³-hybridized carbons (Fsp3) is 0.478. The lowest BCUT2D eigenvalue weighted by molar-refractivity contribution is -0.126. The molecule has 166 valence electrons. The summed E-state index contributed by atoms with van der Waals surface area (Å²) in [6.07, 6.45) is 3.45. The zero-order chi connectivity index (χ0) is 21.8. The summed E-state index contributed by atoms with van der Waals surface area (Å²) in [5.41, 5.74) is -0.131. The molecule has 0 radical (unpaired) electrons. The molecular weight excluding hydrogens is 420 g/mol. The van der Waals surface area contributed by atoms with Crippen molar-refractivity contribution in [1.29, 1.82) is 0 Å². The van der Waals surface area contributed by atoms with Gasteiger partial charge in [0, 0.05) is 36.5 Å². The SMILES string of the molecule is O=C(NC[C@@H](c1cccs1)N1CCCC1)C1CCN(C(=O)c2ccc(F)cc2F)CC1. The monoisotopic (exact) mass is 447 g/mol. The number of hydrogen-bond acceptors (Lipinski definition) is 4. The molecule has 0 bridgehead atoms. The van der Waals surface area contributed by atoms with Gasteiger partial charge in [-0.05, 0) is 62.4 Å². The molecule has 4 rings (SSSR count). The number of thiophene rings is 1. The summed E-state index contributed by atoms with van der Waals surface area (Å²) in [5, 5.41) is 5.20. The lowest BCUT2D eigenvalue weighted by Gasteiger charge is -2.32. The molecule has 2 saturated heterocycles. The Kier molecular flexibility index (Phi) is 6.97. The number of carbonyl (C=O) groups is 2. The first-order valence-corrected chi connectivity index (χ1v) is 11.7. The van der Waals surface area contributed by atoms with Crippen LogP contribution in [0.2, 0.25) is 0 Å². The zero-order valence-corrected chi connectivity index (χ0v) is 18.2. The molecule has 1 N–H and O–H groups in total. The topological polar surface area (TPSA) is 52.7 Å². The predicted molar refractivity (Wildman–Crippen MR) is 116 cm³/mol. The van der Waals surface area contributed by atoms with Crippen LogP contribution in [0.4, 0.5) is 8.78 Å². The number of rotatable bonds is 6. The Bertz CT molecular complexity index is 908. The second kappa shape index (κ2) is 9.87. The summed E-state index contributed by atoms with van der Waals surface area (Å²) in [5.74, 6) is -2.17. The third kappa shape index (κ3) is 5.13. The largest absolute Gasteiger partial charge is 0.354 e. The molecule has 1 aromatic heterocycles. The quantitative estimate of drug-likeness (QED) is 0.732. The Morgan fingerprint density at radius 3 is 2.48 bits per heavy atom. The Balaban J connectivity index is 1.30. The van der Waals surface area contributed by atoms with Crippen molar-refractivity contribution in [3.63, 3.8) is 0 Å². The zero-order valence-electron chi connectivity index (χ0n) is 17.4. The van der Waals surface area contributed by atoms with E-state index >= 15 is 0 Å². The van der Waals surface area contributed by atoms with Crippen molar-refractivity contribution >= 4 is 23.2 Å². The highest BCUT2D eigenvalue weighted by Crippen LogP contribution is 2.28. The highest BCUT2D eigenvalue weighted by molar-refractivity contribution is 7.10. The summed E-state index contributed by atoms with van der Waals surface area (Å²) < 4.78 is 27.0. The van der Waals surface area contributed by atoms with Gasteiger partial charge in [0.05, 0.1) is 11.6 Å². The van der Waals surface area contributed by atoms with Crippen LogP contribution in [0.15, 0.2) is 35.7 Å². The molecule has 2 aromatic rings. The highest BCUT2D eigenvalue weighted by atomic mass is 32.1. The van der Waals surface area contributed by atoms with E-state index in [1.54, 1.807) is 16.2 Å². The van der Waals surface area contributed by atoms with Gasteiger partial charge >= 0.3 is 0 Å². The summed E-state index contributed by atoms with van der Waals surface area (Å²) in [4.78, 5) is 30.6. The van der Waals surface area contributed by atoms with Crippen molar-refractivity contribution < 1.29 is 18.4 Å². The van der Waals surface area contributed by atoms with Crippen LogP contribution in [0.1, 0.15) is 47.0 Å². The molecule has 31 heavy (non-hydrogen) atoms. The van der Waals surface area contributed by atoms with E-state index < -0.39 is 17.5 Å². The van der Waals surface area contributed by atoms with Gasteiger partial charge < -0.3 is 10.2 Å². The van der Waals surface area contributed by atoms with Gasteiger partial charge in [-0.1, -0.05) is 6.07 Å². The number of amides is 2. The van der Waals surface area contributed by atoms with E-state index in [-0.39, 0.29) is 23.4 Å². The first-order valence-electron chi connectivity index (χ1n) is 10.8. The predicted octanol–water partition coefficient (Wildman–Crippen LogP) is 3.83. The van der Waals surface area contributed by atoms with Crippen LogP contribution in [0.25, 0.3) is 0 Å². The molecule has 0 saturated carbocycles. The number of carbonyl (C=O) groups excluding carboxylic acids is 2. The fourth-order valence-corrected chi connectivity index (χ4v) is 5.32. The lowest BCUT2D eigenvalue weighted by Crippen LogP contribution is -2.44. The van der Waals surface area contributed by atoms with Crippen molar-refractivity contribution in [2.75, 3.05) is 32.7 Å². The number of halogens is 2. The molecule has 0 aliphatic carbocycles. The van der Waals surface area contributed by atoms with E-state index in [0.717, 1.165) is 25.2 Å². The van der Waals surface area contributed by atoms with E-state index in [1.165, 1.54) is 23.8 Å². The van der Waals surface area contributed by atoms with Crippen LogP contribution in [-0.2, 0) is 4.79 Å². The fourth-order valence-electron chi connectivity index (χ4n) is 4.46. The minimum atomic E-state index is -0.855. The molecular formula is C23H27F2N3O2S. The second-order valence-electron chi connectivity index (χ2n) is 8.21.